The average Bonchev–Trinajstić information content (AvgIpc) is 2.48. The normalized spacial score (nSPS) is 23.7. The Balaban J connectivity index is 1.84. The van der Waals surface area contributed by atoms with Crippen LogP contribution in [-0.2, 0) is 11.4 Å². The number of nitrogens with zero attached hydrogens (tertiary/aromatic N) is 2. The minimum atomic E-state index is 0.193. The monoisotopic (exact) mass is 256 g/mol. The lowest BCUT2D eigenvalue weighted by atomic mass is 9.80. The van der Waals surface area contributed by atoms with Crippen molar-refractivity contribution in [1.82, 2.24) is 0 Å². The zero-order valence-electron chi connectivity index (χ0n) is 11.4. The Morgan fingerprint density at radius 2 is 2.16 bits per heavy atom. The van der Waals surface area contributed by atoms with Crippen LogP contribution in [0, 0.1) is 23.2 Å². The highest BCUT2D eigenvalue weighted by atomic mass is 16.6. The summed E-state index contributed by atoms with van der Waals surface area (Å²) in [5.74, 6) is 0.604. The van der Waals surface area contributed by atoms with E-state index in [1.165, 1.54) is 0 Å². The molecular weight excluding hydrogens is 236 g/mol. The number of oxime groups is 1. The van der Waals surface area contributed by atoms with Gasteiger partial charge in [0.1, 0.15) is 6.61 Å². The van der Waals surface area contributed by atoms with E-state index in [0.717, 1.165) is 37.0 Å². The molecule has 0 bridgehead atoms. The van der Waals surface area contributed by atoms with Crippen LogP contribution in [0.3, 0.4) is 0 Å². The highest BCUT2D eigenvalue weighted by Crippen LogP contribution is 2.29. The topological polar surface area (TPSA) is 45.4 Å². The summed E-state index contributed by atoms with van der Waals surface area (Å²) in [6, 6.07) is 12.4. The SMILES string of the molecule is CC(=NOCc1ccccc1)C1CCCC(C#N)C1. The fourth-order valence-corrected chi connectivity index (χ4v) is 2.54. The molecule has 0 amide bonds. The highest BCUT2D eigenvalue weighted by molar-refractivity contribution is 5.83. The smallest absolute Gasteiger partial charge is 0.142 e. The molecule has 1 saturated carbocycles. The fourth-order valence-electron chi connectivity index (χ4n) is 2.54. The molecule has 2 atom stereocenters. The van der Waals surface area contributed by atoms with Crippen LogP contribution in [-0.4, -0.2) is 5.71 Å². The van der Waals surface area contributed by atoms with E-state index in [1.807, 2.05) is 37.3 Å². The van der Waals surface area contributed by atoms with E-state index in [-0.39, 0.29) is 5.92 Å². The highest BCUT2D eigenvalue weighted by Gasteiger charge is 2.23. The standard InChI is InChI=1S/C16H20N2O/c1-13(16-9-5-8-15(10-16)11-17)18-19-12-14-6-3-2-4-7-14/h2-4,6-7,15-16H,5,8-10,12H2,1H3. The molecule has 1 fully saturated rings. The molecule has 1 aliphatic rings. The maximum atomic E-state index is 8.99. The summed E-state index contributed by atoms with van der Waals surface area (Å²) in [5, 5.41) is 13.2. The van der Waals surface area contributed by atoms with E-state index in [9.17, 15) is 0 Å². The van der Waals surface area contributed by atoms with Crippen molar-refractivity contribution in [3.05, 3.63) is 35.9 Å². The van der Waals surface area contributed by atoms with E-state index in [1.54, 1.807) is 0 Å². The van der Waals surface area contributed by atoms with Gasteiger partial charge in [0.15, 0.2) is 0 Å². The van der Waals surface area contributed by atoms with Crippen molar-refractivity contribution in [1.29, 1.82) is 5.26 Å². The maximum absolute atomic E-state index is 8.99. The Bertz CT molecular complexity index is 461. The molecule has 2 rings (SSSR count). The van der Waals surface area contributed by atoms with Crippen molar-refractivity contribution in [3.63, 3.8) is 0 Å². The number of hydrogen-bond donors (Lipinski definition) is 0. The van der Waals surface area contributed by atoms with E-state index in [0.29, 0.717) is 12.5 Å². The molecule has 0 radical (unpaired) electrons. The van der Waals surface area contributed by atoms with E-state index in [2.05, 4.69) is 11.2 Å². The van der Waals surface area contributed by atoms with Gasteiger partial charge in [-0.25, -0.2) is 0 Å². The van der Waals surface area contributed by atoms with Crippen LogP contribution in [0.25, 0.3) is 0 Å². The van der Waals surface area contributed by atoms with Gasteiger partial charge in [0.25, 0.3) is 0 Å². The first-order chi connectivity index (χ1) is 9.29. The van der Waals surface area contributed by atoms with Gasteiger partial charge in [0, 0.05) is 11.8 Å². The Hall–Kier alpha value is -1.82. The quantitative estimate of drug-likeness (QED) is 0.605. The van der Waals surface area contributed by atoms with Crippen LogP contribution in [0.15, 0.2) is 35.5 Å². The second-order valence-corrected chi connectivity index (χ2v) is 5.18. The van der Waals surface area contributed by atoms with E-state index in [4.69, 9.17) is 10.1 Å². The van der Waals surface area contributed by atoms with Gasteiger partial charge in [-0.05, 0) is 31.7 Å². The van der Waals surface area contributed by atoms with Gasteiger partial charge in [-0.3, -0.25) is 0 Å². The maximum Gasteiger partial charge on any atom is 0.142 e. The first-order valence-corrected chi connectivity index (χ1v) is 6.89. The van der Waals surface area contributed by atoms with E-state index < -0.39 is 0 Å². The molecule has 0 N–H and O–H groups in total. The molecule has 0 spiro atoms. The van der Waals surface area contributed by atoms with Crippen LogP contribution >= 0.6 is 0 Å². The summed E-state index contributed by atoms with van der Waals surface area (Å²) in [5.41, 5.74) is 2.15. The molecule has 3 heteroatoms. The van der Waals surface area contributed by atoms with Crippen LogP contribution < -0.4 is 0 Å². The number of hydrogen-bond acceptors (Lipinski definition) is 3. The first kappa shape index (κ1) is 13.6. The largest absolute Gasteiger partial charge is 0.391 e. The summed E-state index contributed by atoms with van der Waals surface area (Å²) < 4.78 is 0. The lowest BCUT2D eigenvalue weighted by molar-refractivity contribution is 0.127. The number of benzene rings is 1. The molecule has 0 heterocycles. The zero-order valence-corrected chi connectivity index (χ0v) is 11.4. The molecule has 0 saturated heterocycles. The lowest BCUT2D eigenvalue weighted by Crippen LogP contribution is -2.20. The van der Waals surface area contributed by atoms with Crippen molar-refractivity contribution < 1.29 is 4.84 Å². The lowest BCUT2D eigenvalue weighted by Gasteiger charge is -2.24. The van der Waals surface area contributed by atoms with Gasteiger partial charge < -0.3 is 4.84 Å². The summed E-state index contributed by atoms with van der Waals surface area (Å²) >= 11 is 0. The molecule has 100 valence electrons. The molecule has 0 aromatic heterocycles. The van der Waals surface area contributed by atoms with Gasteiger partial charge in [-0.15, -0.1) is 0 Å². The van der Waals surface area contributed by atoms with Crippen LogP contribution in [0.5, 0.6) is 0 Å². The van der Waals surface area contributed by atoms with Gasteiger partial charge in [0.05, 0.1) is 11.8 Å². The van der Waals surface area contributed by atoms with Gasteiger partial charge in [-0.2, -0.15) is 5.26 Å². The second kappa shape index (κ2) is 6.94. The third-order valence-electron chi connectivity index (χ3n) is 3.73. The predicted octanol–water partition coefficient (Wildman–Crippen LogP) is 3.91. The summed E-state index contributed by atoms with van der Waals surface area (Å²) in [7, 11) is 0. The zero-order chi connectivity index (χ0) is 13.5. The Kier molecular flexibility index (Phi) is 4.97. The Morgan fingerprint density at radius 3 is 2.89 bits per heavy atom. The molecule has 1 aliphatic carbocycles. The molecule has 1 aromatic carbocycles. The van der Waals surface area contributed by atoms with Crippen molar-refractivity contribution in [2.24, 2.45) is 17.0 Å². The third kappa shape index (κ3) is 4.10. The number of rotatable bonds is 4. The van der Waals surface area contributed by atoms with Crippen LogP contribution in [0.4, 0.5) is 0 Å². The first-order valence-electron chi connectivity index (χ1n) is 6.89. The van der Waals surface area contributed by atoms with Gasteiger partial charge in [-0.1, -0.05) is 41.9 Å². The summed E-state index contributed by atoms with van der Waals surface area (Å²) in [4.78, 5) is 5.41. The van der Waals surface area contributed by atoms with Gasteiger partial charge >= 0.3 is 0 Å². The molecule has 2 unspecified atom stereocenters. The second-order valence-electron chi connectivity index (χ2n) is 5.18. The van der Waals surface area contributed by atoms with Crippen LogP contribution in [0.1, 0.15) is 38.2 Å². The molecular formula is C16H20N2O. The third-order valence-corrected chi connectivity index (χ3v) is 3.73. The summed E-state index contributed by atoms with van der Waals surface area (Å²) in [6.07, 6.45) is 4.21. The van der Waals surface area contributed by atoms with Crippen molar-refractivity contribution in [2.75, 3.05) is 0 Å². The molecule has 19 heavy (non-hydrogen) atoms. The van der Waals surface area contributed by atoms with E-state index >= 15 is 0 Å². The minimum absolute atomic E-state index is 0.193. The Labute approximate surface area is 114 Å². The molecule has 1 aromatic rings. The average molecular weight is 256 g/mol. The molecule has 0 aliphatic heterocycles. The minimum Gasteiger partial charge on any atom is -0.391 e. The number of nitriles is 1. The Morgan fingerprint density at radius 1 is 1.37 bits per heavy atom. The van der Waals surface area contributed by atoms with Crippen molar-refractivity contribution in [3.8, 4) is 6.07 Å². The predicted molar refractivity (Wildman–Crippen MR) is 75.4 cm³/mol. The summed E-state index contributed by atoms with van der Waals surface area (Å²) in [6.45, 7) is 2.52. The van der Waals surface area contributed by atoms with Crippen molar-refractivity contribution in [2.45, 2.75) is 39.2 Å². The van der Waals surface area contributed by atoms with Gasteiger partial charge in [0.2, 0.25) is 0 Å². The van der Waals surface area contributed by atoms with Crippen molar-refractivity contribution >= 4 is 5.71 Å². The fraction of sp³-hybridized carbons (Fsp3) is 0.500. The van der Waals surface area contributed by atoms with Crippen LogP contribution in [0.2, 0.25) is 0 Å². The molecule has 3 nitrogen and oxygen atoms in total.